The van der Waals surface area contributed by atoms with Crippen molar-refractivity contribution in [2.75, 3.05) is 31.2 Å². The molecule has 2 aliphatic rings. The van der Waals surface area contributed by atoms with Crippen LogP contribution in [0.5, 0.6) is 0 Å². The summed E-state index contributed by atoms with van der Waals surface area (Å²) in [7, 11) is -2.86. The summed E-state index contributed by atoms with van der Waals surface area (Å²) in [4.78, 5) is 2.23. The van der Waals surface area contributed by atoms with Gasteiger partial charge in [-0.2, -0.15) is 0 Å². The third-order valence-corrected chi connectivity index (χ3v) is 7.09. The van der Waals surface area contributed by atoms with Gasteiger partial charge >= 0.3 is 0 Å². The predicted molar refractivity (Wildman–Crippen MR) is 80.4 cm³/mol. The molecule has 118 valence electrons. The van der Waals surface area contributed by atoms with Crippen LogP contribution < -0.4 is 5.73 Å². The monoisotopic (exact) mass is 304 g/mol. The van der Waals surface area contributed by atoms with Gasteiger partial charge in [-0.3, -0.25) is 4.90 Å². The number of hydrogen-bond acceptors (Lipinski definition) is 5. The predicted octanol–water partition coefficient (Wildman–Crippen LogP) is 0.638. The molecule has 1 saturated carbocycles. The van der Waals surface area contributed by atoms with E-state index < -0.39 is 9.84 Å². The lowest BCUT2D eigenvalue weighted by Gasteiger charge is -2.61. The molecule has 20 heavy (non-hydrogen) atoms. The SMILES string of the molecule is CCOC1CC(N)(CN2CCS(=O)(=O)CC2C)C1(C)C. The fourth-order valence-electron chi connectivity index (χ4n) is 3.41. The van der Waals surface area contributed by atoms with E-state index in [9.17, 15) is 8.42 Å². The highest BCUT2D eigenvalue weighted by atomic mass is 32.2. The molecule has 1 aliphatic carbocycles. The molecule has 5 nitrogen and oxygen atoms in total. The Bertz CT molecular complexity index is 463. The van der Waals surface area contributed by atoms with Gasteiger partial charge in [0, 0.05) is 36.7 Å². The van der Waals surface area contributed by atoms with Crippen molar-refractivity contribution < 1.29 is 13.2 Å². The molecule has 1 saturated heterocycles. The third-order valence-electron chi connectivity index (χ3n) is 5.30. The van der Waals surface area contributed by atoms with Gasteiger partial charge in [-0.15, -0.1) is 0 Å². The van der Waals surface area contributed by atoms with Gasteiger partial charge in [0.2, 0.25) is 0 Å². The van der Waals surface area contributed by atoms with Crippen molar-refractivity contribution >= 4 is 9.84 Å². The van der Waals surface area contributed by atoms with Gasteiger partial charge in [-0.05, 0) is 20.3 Å². The summed E-state index contributed by atoms with van der Waals surface area (Å²) >= 11 is 0. The van der Waals surface area contributed by atoms with Gasteiger partial charge < -0.3 is 10.5 Å². The number of sulfone groups is 1. The van der Waals surface area contributed by atoms with Crippen LogP contribution in [-0.4, -0.2) is 62.2 Å². The van der Waals surface area contributed by atoms with Crippen LogP contribution in [0.1, 0.15) is 34.1 Å². The fourth-order valence-corrected chi connectivity index (χ4v) is 5.03. The van der Waals surface area contributed by atoms with Gasteiger partial charge in [0.25, 0.3) is 0 Å². The highest BCUT2D eigenvalue weighted by Crippen LogP contribution is 2.50. The molecule has 6 heteroatoms. The second kappa shape index (κ2) is 5.23. The van der Waals surface area contributed by atoms with Crippen LogP contribution in [0.25, 0.3) is 0 Å². The third kappa shape index (κ3) is 2.75. The molecule has 2 N–H and O–H groups in total. The molecule has 2 fully saturated rings. The Balaban J connectivity index is 2.01. The van der Waals surface area contributed by atoms with Crippen molar-refractivity contribution in [2.45, 2.75) is 51.8 Å². The highest BCUT2D eigenvalue weighted by molar-refractivity contribution is 7.91. The largest absolute Gasteiger partial charge is 0.378 e. The van der Waals surface area contributed by atoms with E-state index in [0.717, 1.165) is 13.0 Å². The Hall–Kier alpha value is -0.170. The minimum atomic E-state index is -2.86. The summed E-state index contributed by atoms with van der Waals surface area (Å²) in [5, 5.41) is 0. The van der Waals surface area contributed by atoms with E-state index in [4.69, 9.17) is 10.5 Å². The number of ether oxygens (including phenoxy) is 1. The zero-order chi connectivity index (χ0) is 15.2. The van der Waals surface area contributed by atoms with E-state index in [-0.39, 0.29) is 34.6 Å². The van der Waals surface area contributed by atoms with Crippen LogP contribution in [0.2, 0.25) is 0 Å². The van der Waals surface area contributed by atoms with Crippen LogP contribution in [0.15, 0.2) is 0 Å². The Morgan fingerprint density at radius 3 is 2.55 bits per heavy atom. The average molecular weight is 304 g/mol. The number of hydrogen-bond donors (Lipinski definition) is 1. The topological polar surface area (TPSA) is 72.6 Å². The maximum Gasteiger partial charge on any atom is 0.153 e. The maximum absolute atomic E-state index is 11.6. The summed E-state index contributed by atoms with van der Waals surface area (Å²) < 4.78 is 29.0. The lowest BCUT2D eigenvalue weighted by Crippen LogP contribution is -2.74. The molecular formula is C14H28N2O3S. The first-order valence-electron chi connectivity index (χ1n) is 7.46. The van der Waals surface area contributed by atoms with E-state index in [2.05, 4.69) is 18.7 Å². The average Bonchev–Trinajstić information content (AvgIpc) is 2.32. The van der Waals surface area contributed by atoms with Crippen molar-refractivity contribution in [1.82, 2.24) is 4.90 Å². The van der Waals surface area contributed by atoms with Gasteiger partial charge in [0.05, 0.1) is 17.6 Å². The zero-order valence-electron chi connectivity index (χ0n) is 13.1. The lowest BCUT2D eigenvalue weighted by atomic mass is 9.54. The lowest BCUT2D eigenvalue weighted by molar-refractivity contribution is -0.157. The van der Waals surface area contributed by atoms with Crippen LogP contribution in [0.3, 0.4) is 0 Å². The van der Waals surface area contributed by atoms with E-state index in [1.54, 1.807) is 0 Å². The van der Waals surface area contributed by atoms with E-state index in [0.29, 0.717) is 13.2 Å². The van der Waals surface area contributed by atoms with Crippen LogP contribution in [0.4, 0.5) is 0 Å². The quantitative estimate of drug-likeness (QED) is 0.825. The molecule has 0 spiro atoms. The first-order valence-corrected chi connectivity index (χ1v) is 9.28. The van der Waals surface area contributed by atoms with Crippen molar-refractivity contribution in [3.63, 3.8) is 0 Å². The molecule has 1 aliphatic heterocycles. The van der Waals surface area contributed by atoms with E-state index >= 15 is 0 Å². The molecule has 0 aromatic heterocycles. The highest BCUT2D eigenvalue weighted by Gasteiger charge is 2.59. The number of nitrogens with zero attached hydrogens (tertiary/aromatic N) is 1. The van der Waals surface area contributed by atoms with Crippen LogP contribution >= 0.6 is 0 Å². The van der Waals surface area contributed by atoms with E-state index in [1.807, 2.05) is 13.8 Å². The molecule has 1 heterocycles. The number of rotatable bonds is 4. The smallest absolute Gasteiger partial charge is 0.153 e. The van der Waals surface area contributed by atoms with Gasteiger partial charge in [-0.25, -0.2) is 8.42 Å². The molecule has 0 aromatic carbocycles. The molecule has 0 aromatic rings. The van der Waals surface area contributed by atoms with Gasteiger partial charge in [0.15, 0.2) is 9.84 Å². The Labute approximate surface area is 122 Å². The van der Waals surface area contributed by atoms with Gasteiger partial charge in [-0.1, -0.05) is 13.8 Å². The van der Waals surface area contributed by atoms with E-state index in [1.165, 1.54) is 0 Å². The molecule has 3 atom stereocenters. The normalized spacial score (nSPS) is 40.2. The maximum atomic E-state index is 11.6. The van der Waals surface area contributed by atoms with Crippen molar-refractivity contribution in [3.8, 4) is 0 Å². The minimum absolute atomic E-state index is 0.0520. The molecule has 0 radical (unpaired) electrons. The molecule has 0 bridgehead atoms. The minimum Gasteiger partial charge on any atom is -0.378 e. The Morgan fingerprint density at radius 2 is 2.05 bits per heavy atom. The van der Waals surface area contributed by atoms with Crippen molar-refractivity contribution in [3.05, 3.63) is 0 Å². The second-order valence-corrected chi connectivity index (χ2v) is 9.19. The summed E-state index contributed by atoms with van der Waals surface area (Å²) in [6.45, 7) is 10.3. The zero-order valence-corrected chi connectivity index (χ0v) is 13.9. The second-order valence-electron chi connectivity index (χ2n) is 6.96. The Morgan fingerprint density at radius 1 is 1.40 bits per heavy atom. The van der Waals surface area contributed by atoms with Gasteiger partial charge in [0.1, 0.15) is 0 Å². The summed E-state index contributed by atoms with van der Waals surface area (Å²) in [6, 6.07) is 0.0520. The standard InChI is InChI=1S/C14H28N2O3S/c1-5-19-12-8-14(15,13(12,3)4)10-16-6-7-20(17,18)9-11(16)2/h11-12H,5-10,15H2,1-4H3. The molecular weight excluding hydrogens is 276 g/mol. The first kappa shape index (κ1) is 16.2. The molecule has 0 amide bonds. The first-order chi connectivity index (χ1) is 9.11. The van der Waals surface area contributed by atoms with Crippen LogP contribution in [-0.2, 0) is 14.6 Å². The fraction of sp³-hybridized carbons (Fsp3) is 1.00. The summed E-state index contributed by atoms with van der Waals surface area (Å²) in [5.74, 6) is 0.501. The van der Waals surface area contributed by atoms with Crippen LogP contribution in [0, 0.1) is 5.41 Å². The molecule has 2 rings (SSSR count). The number of nitrogens with two attached hydrogens (primary N) is 1. The Kier molecular flexibility index (Phi) is 4.24. The molecule has 3 unspecified atom stereocenters. The van der Waals surface area contributed by atoms with Crippen molar-refractivity contribution in [1.29, 1.82) is 0 Å². The summed E-state index contributed by atoms with van der Waals surface area (Å²) in [5.41, 5.74) is 6.23. The summed E-state index contributed by atoms with van der Waals surface area (Å²) in [6.07, 6.45) is 1.06. The van der Waals surface area contributed by atoms with Crippen molar-refractivity contribution in [2.24, 2.45) is 11.1 Å².